The Labute approximate surface area is 180 Å². The largest absolute Gasteiger partial charge is 0.493 e. The lowest BCUT2D eigenvalue weighted by Crippen LogP contribution is -2.29. The van der Waals surface area contributed by atoms with Crippen LogP contribution in [-0.2, 0) is 26.1 Å². The van der Waals surface area contributed by atoms with Crippen molar-refractivity contribution in [1.29, 1.82) is 0 Å². The highest BCUT2D eigenvalue weighted by Gasteiger charge is 2.29. The number of nitrogens with one attached hydrogen (secondary N) is 1. The first-order chi connectivity index (χ1) is 15.6. The van der Waals surface area contributed by atoms with Gasteiger partial charge in [0.15, 0.2) is 5.82 Å². The SMILES string of the molecule is O=c1n(Cc2nn[nH]n2)c(O)c2n1Cc1c(c3ccccc3n1Cc1ccc(F)cc1)C2. The molecule has 0 bridgehead atoms. The van der Waals surface area contributed by atoms with Crippen molar-refractivity contribution in [2.45, 2.75) is 26.1 Å². The number of fused-ring (bicyclic) bond motifs is 4. The van der Waals surface area contributed by atoms with Crippen LogP contribution in [0.25, 0.3) is 10.9 Å². The Morgan fingerprint density at radius 1 is 1.03 bits per heavy atom. The van der Waals surface area contributed by atoms with Gasteiger partial charge in [-0.1, -0.05) is 35.5 Å². The van der Waals surface area contributed by atoms with Crippen LogP contribution < -0.4 is 5.69 Å². The molecule has 0 aliphatic carbocycles. The van der Waals surface area contributed by atoms with Crippen molar-refractivity contribution in [1.82, 2.24) is 34.3 Å². The molecule has 0 fully saturated rings. The summed E-state index contributed by atoms with van der Waals surface area (Å²) in [4.78, 5) is 13.1. The van der Waals surface area contributed by atoms with Crippen molar-refractivity contribution in [3.8, 4) is 5.88 Å². The molecule has 0 saturated carbocycles. The molecule has 2 aromatic carbocycles. The summed E-state index contributed by atoms with van der Waals surface area (Å²) >= 11 is 0. The van der Waals surface area contributed by atoms with Gasteiger partial charge < -0.3 is 9.67 Å². The van der Waals surface area contributed by atoms with Gasteiger partial charge in [0.05, 0.1) is 18.8 Å². The predicted octanol–water partition coefficient (Wildman–Crippen LogP) is 2.01. The number of halogens is 1. The van der Waals surface area contributed by atoms with Gasteiger partial charge >= 0.3 is 5.69 Å². The molecule has 1 aliphatic heterocycles. The third-order valence-corrected chi connectivity index (χ3v) is 6.09. The number of hydrogen-bond acceptors (Lipinski definition) is 5. The fraction of sp³-hybridized carbons (Fsp3) is 0.182. The Balaban J connectivity index is 1.47. The highest BCUT2D eigenvalue weighted by Crippen LogP contribution is 2.35. The summed E-state index contributed by atoms with van der Waals surface area (Å²) in [5, 5.41) is 25.5. The number of hydrogen-bond donors (Lipinski definition) is 2. The summed E-state index contributed by atoms with van der Waals surface area (Å²) in [5.74, 6) is -0.0438. The molecule has 4 heterocycles. The zero-order chi connectivity index (χ0) is 21.8. The second-order valence-electron chi connectivity index (χ2n) is 7.88. The van der Waals surface area contributed by atoms with E-state index in [0.717, 1.165) is 27.7 Å². The van der Waals surface area contributed by atoms with Gasteiger partial charge in [0.25, 0.3) is 0 Å². The van der Waals surface area contributed by atoms with Crippen molar-refractivity contribution in [3.63, 3.8) is 0 Å². The topological polar surface area (TPSA) is 107 Å². The van der Waals surface area contributed by atoms with Crippen LogP contribution in [0.15, 0.2) is 53.3 Å². The van der Waals surface area contributed by atoms with E-state index in [9.17, 15) is 14.3 Å². The average Bonchev–Trinajstić information content (AvgIpc) is 3.49. The van der Waals surface area contributed by atoms with E-state index in [1.54, 1.807) is 16.7 Å². The number of tetrazole rings is 1. The molecule has 0 unspecified atom stereocenters. The number of aromatic nitrogens is 7. The van der Waals surface area contributed by atoms with Gasteiger partial charge in [-0.2, -0.15) is 5.21 Å². The standard InChI is InChI=1S/C22H18FN7O2/c23-14-7-5-13(6-8-14)10-28-17-4-2-1-3-15(17)16-9-18-21(31)30(12-20-24-26-27-25-20)22(32)29(18)11-19(16)28/h1-8,31H,9-12H2,(H,24,25,26,27). The molecule has 10 heteroatoms. The van der Waals surface area contributed by atoms with Crippen LogP contribution in [0.2, 0.25) is 0 Å². The van der Waals surface area contributed by atoms with Crippen molar-refractivity contribution < 1.29 is 9.50 Å². The van der Waals surface area contributed by atoms with Crippen LogP contribution in [0.3, 0.4) is 0 Å². The Morgan fingerprint density at radius 3 is 2.62 bits per heavy atom. The van der Waals surface area contributed by atoms with Gasteiger partial charge in [-0.05, 0) is 29.3 Å². The highest BCUT2D eigenvalue weighted by atomic mass is 19.1. The number of rotatable bonds is 4. The summed E-state index contributed by atoms with van der Waals surface area (Å²) in [7, 11) is 0. The third-order valence-electron chi connectivity index (χ3n) is 6.09. The molecule has 2 N–H and O–H groups in total. The van der Waals surface area contributed by atoms with Gasteiger partial charge in [0, 0.05) is 29.6 Å². The number of aromatic hydroxyl groups is 1. The summed E-state index contributed by atoms with van der Waals surface area (Å²) in [5.41, 5.74) is 4.32. The van der Waals surface area contributed by atoms with Gasteiger partial charge in [-0.25, -0.2) is 9.18 Å². The summed E-state index contributed by atoms with van der Waals surface area (Å²) in [6.45, 7) is 0.906. The fourth-order valence-corrected chi connectivity index (χ4v) is 4.58. The molecule has 6 rings (SSSR count). The number of aromatic amines is 1. The molecule has 160 valence electrons. The number of para-hydroxylation sites is 1. The van der Waals surface area contributed by atoms with Crippen LogP contribution in [0.1, 0.15) is 28.3 Å². The smallest absolute Gasteiger partial charge is 0.332 e. The van der Waals surface area contributed by atoms with Crippen molar-refractivity contribution in [2.24, 2.45) is 0 Å². The lowest BCUT2D eigenvalue weighted by Gasteiger charge is -2.18. The first-order valence-electron chi connectivity index (χ1n) is 10.2. The molecule has 0 radical (unpaired) electrons. The zero-order valence-electron chi connectivity index (χ0n) is 16.9. The molecule has 0 spiro atoms. The minimum absolute atomic E-state index is 0.0295. The van der Waals surface area contributed by atoms with Crippen LogP contribution in [-0.4, -0.2) is 39.4 Å². The molecule has 5 aromatic rings. The Morgan fingerprint density at radius 2 is 1.84 bits per heavy atom. The van der Waals surface area contributed by atoms with Crippen LogP contribution in [0.4, 0.5) is 4.39 Å². The average molecular weight is 431 g/mol. The Kier molecular flexibility index (Phi) is 4.00. The second kappa shape index (κ2) is 6.91. The Hall–Kier alpha value is -4.21. The van der Waals surface area contributed by atoms with Gasteiger partial charge in [-0.15, -0.1) is 10.2 Å². The minimum atomic E-state index is -0.327. The summed E-state index contributed by atoms with van der Waals surface area (Å²) in [6.07, 6.45) is 0.423. The number of H-pyrrole nitrogens is 1. The fourth-order valence-electron chi connectivity index (χ4n) is 4.58. The van der Waals surface area contributed by atoms with Crippen LogP contribution >= 0.6 is 0 Å². The van der Waals surface area contributed by atoms with E-state index in [2.05, 4.69) is 31.3 Å². The molecule has 0 atom stereocenters. The summed E-state index contributed by atoms with van der Waals surface area (Å²) in [6, 6.07) is 14.5. The molecule has 0 amide bonds. The number of benzene rings is 2. The predicted molar refractivity (Wildman–Crippen MR) is 113 cm³/mol. The monoisotopic (exact) mass is 431 g/mol. The summed E-state index contributed by atoms with van der Waals surface area (Å²) < 4.78 is 18.4. The van der Waals surface area contributed by atoms with Gasteiger partial charge in [-0.3, -0.25) is 9.13 Å². The molecule has 9 nitrogen and oxygen atoms in total. The van der Waals surface area contributed by atoms with E-state index >= 15 is 0 Å². The minimum Gasteiger partial charge on any atom is -0.493 e. The van der Waals surface area contributed by atoms with E-state index < -0.39 is 0 Å². The quantitative estimate of drug-likeness (QED) is 0.444. The third kappa shape index (κ3) is 2.76. The van der Waals surface area contributed by atoms with Crippen LogP contribution in [0.5, 0.6) is 5.88 Å². The normalized spacial score (nSPS) is 12.8. The lowest BCUT2D eigenvalue weighted by atomic mass is 10.0. The number of imidazole rings is 1. The van der Waals surface area contributed by atoms with E-state index in [1.165, 1.54) is 16.7 Å². The maximum atomic E-state index is 13.4. The first kappa shape index (κ1) is 18.6. The maximum absolute atomic E-state index is 13.4. The van der Waals surface area contributed by atoms with Crippen LogP contribution in [0, 0.1) is 5.82 Å². The highest BCUT2D eigenvalue weighted by molar-refractivity contribution is 5.86. The molecule has 32 heavy (non-hydrogen) atoms. The number of nitrogens with zero attached hydrogens (tertiary/aromatic N) is 6. The molecule has 0 saturated heterocycles. The molecule has 1 aliphatic rings. The molecular formula is C22H18FN7O2. The van der Waals surface area contributed by atoms with Gasteiger partial charge in [0.1, 0.15) is 5.82 Å². The van der Waals surface area contributed by atoms with Gasteiger partial charge in [0.2, 0.25) is 5.88 Å². The molecule has 3 aromatic heterocycles. The van der Waals surface area contributed by atoms with Crippen molar-refractivity contribution >= 4 is 10.9 Å². The van der Waals surface area contributed by atoms with Crippen molar-refractivity contribution in [3.05, 3.63) is 93.2 Å². The zero-order valence-corrected chi connectivity index (χ0v) is 16.9. The van der Waals surface area contributed by atoms with E-state index in [0.29, 0.717) is 31.0 Å². The first-order valence-corrected chi connectivity index (χ1v) is 10.2. The lowest BCUT2D eigenvalue weighted by molar-refractivity contribution is 0.414. The van der Waals surface area contributed by atoms with E-state index in [4.69, 9.17) is 0 Å². The van der Waals surface area contributed by atoms with Crippen molar-refractivity contribution in [2.75, 3.05) is 0 Å². The van der Waals surface area contributed by atoms with E-state index in [1.807, 2.05) is 18.2 Å². The molecular weight excluding hydrogens is 413 g/mol. The van der Waals surface area contributed by atoms with E-state index in [-0.39, 0.29) is 23.9 Å². The maximum Gasteiger partial charge on any atom is 0.332 e. The Bertz CT molecular complexity index is 1510. The second-order valence-corrected chi connectivity index (χ2v) is 7.88.